The maximum absolute atomic E-state index is 11.7. The Bertz CT molecular complexity index is 959. The molecular weight excluding hydrogens is 374 g/mol. The number of hydrogen-bond acceptors (Lipinski definition) is 6. The third kappa shape index (κ3) is 5.81. The molecule has 0 N–H and O–H groups in total. The fourth-order valence-corrected chi connectivity index (χ4v) is 2.38. The summed E-state index contributed by atoms with van der Waals surface area (Å²) in [6, 6.07) is 13.0. The van der Waals surface area contributed by atoms with Gasteiger partial charge >= 0.3 is 0 Å². The largest absolute Gasteiger partial charge is 0.490 e. The van der Waals surface area contributed by atoms with Gasteiger partial charge in [-0.1, -0.05) is 6.07 Å². The number of nitro groups is 1. The van der Waals surface area contributed by atoms with Crippen molar-refractivity contribution >= 4 is 23.2 Å². The highest BCUT2D eigenvalue weighted by molar-refractivity contribution is 5.90. The summed E-state index contributed by atoms with van der Waals surface area (Å²) in [5.74, 6) is 0.697. The van der Waals surface area contributed by atoms with E-state index in [1.165, 1.54) is 29.2 Å². The second-order valence-electron chi connectivity index (χ2n) is 6.19. The first kappa shape index (κ1) is 21.4. The molecule has 0 aliphatic carbocycles. The van der Waals surface area contributed by atoms with E-state index in [0.717, 1.165) is 0 Å². The van der Waals surface area contributed by atoms with Gasteiger partial charge in [0, 0.05) is 26.2 Å². The minimum atomic E-state index is -0.492. The molecule has 0 aliphatic rings. The van der Waals surface area contributed by atoms with Gasteiger partial charge in [0.2, 0.25) is 0 Å². The van der Waals surface area contributed by atoms with Gasteiger partial charge in [0.05, 0.1) is 23.2 Å². The fraction of sp³-hybridized carbons (Fsp3) is 0.238. The first-order chi connectivity index (χ1) is 13.8. The van der Waals surface area contributed by atoms with Gasteiger partial charge in [0.1, 0.15) is 0 Å². The minimum absolute atomic E-state index is 0.0431. The van der Waals surface area contributed by atoms with Gasteiger partial charge in [-0.15, -0.1) is 0 Å². The third-order valence-electron chi connectivity index (χ3n) is 3.94. The molecule has 0 spiro atoms. The molecule has 2 aromatic carbocycles. The second kappa shape index (κ2) is 9.90. The van der Waals surface area contributed by atoms with Crippen LogP contribution in [0.15, 0.2) is 42.5 Å². The molecule has 2 rings (SSSR count). The van der Waals surface area contributed by atoms with Crippen molar-refractivity contribution in [2.24, 2.45) is 0 Å². The number of benzene rings is 2. The Morgan fingerprint density at radius 1 is 1.17 bits per heavy atom. The van der Waals surface area contributed by atoms with E-state index in [1.54, 1.807) is 38.4 Å². The molecule has 0 atom stereocenters. The molecule has 1 amide bonds. The van der Waals surface area contributed by atoms with Crippen LogP contribution in [0.4, 0.5) is 5.69 Å². The van der Waals surface area contributed by atoms with Crippen LogP contribution >= 0.6 is 0 Å². The number of likely N-dealkylation sites (N-methyl/N-ethyl adjacent to an activating group) is 1. The summed E-state index contributed by atoms with van der Waals surface area (Å²) in [7, 11) is 3.29. The van der Waals surface area contributed by atoms with Crippen LogP contribution < -0.4 is 9.47 Å². The lowest BCUT2D eigenvalue weighted by molar-refractivity contribution is -0.384. The van der Waals surface area contributed by atoms with Crippen LogP contribution in [-0.2, 0) is 4.79 Å². The first-order valence-electron chi connectivity index (χ1n) is 8.82. The average Bonchev–Trinajstić information content (AvgIpc) is 2.71. The number of allylic oxidation sites excluding steroid dienone is 1. The molecule has 0 radical (unpaired) electrons. The van der Waals surface area contributed by atoms with Crippen LogP contribution in [0.5, 0.6) is 11.5 Å². The molecule has 0 heterocycles. The summed E-state index contributed by atoms with van der Waals surface area (Å²) in [5.41, 5.74) is 1.56. The molecule has 0 unspecified atom stereocenters. The van der Waals surface area contributed by atoms with Crippen LogP contribution in [-0.4, -0.2) is 43.0 Å². The molecule has 0 saturated carbocycles. The summed E-state index contributed by atoms with van der Waals surface area (Å²) in [6.07, 6.45) is 1.65. The van der Waals surface area contributed by atoms with Crippen molar-refractivity contribution in [3.05, 3.63) is 63.7 Å². The summed E-state index contributed by atoms with van der Waals surface area (Å²) in [4.78, 5) is 23.5. The molecule has 0 bridgehead atoms. The van der Waals surface area contributed by atoms with Gasteiger partial charge < -0.3 is 14.4 Å². The van der Waals surface area contributed by atoms with Crippen molar-refractivity contribution in [3.8, 4) is 17.6 Å². The summed E-state index contributed by atoms with van der Waals surface area (Å²) < 4.78 is 11.1. The topological polar surface area (TPSA) is 106 Å². The average molecular weight is 395 g/mol. The Morgan fingerprint density at radius 2 is 1.86 bits per heavy atom. The lowest BCUT2D eigenvalue weighted by atomic mass is 10.0. The van der Waals surface area contributed by atoms with E-state index < -0.39 is 4.92 Å². The van der Waals surface area contributed by atoms with E-state index in [2.05, 4.69) is 6.07 Å². The SMILES string of the molecule is CCOc1cc(/C=C(\C#N)c2ccc([N+](=O)[O-])cc2)ccc1OCC(=O)N(C)C. The van der Waals surface area contributed by atoms with Crippen molar-refractivity contribution in [1.29, 1.82) is 5.26 Å². The molecule has 0 aromatic heterocycles. The molecule has 2 aromatic rings. The summed E-state index contributed by atoms with van der Waals surface area (Å²) in [5, 5.41) is 20.3. The Morgan fingerprint density at radius 3 is 2.41 bits per heavy atom. The number of carbonyl (C=O) groups is 1. The Labute approximate surface area is 168 Å². The molecular formula is C21H21N3O5. The number of amides is 1. The first-order valence-corrected chi connectivity index (χ1v) is 8.82. The highest BCUT2D eigenvalue weighted by atomic mass is 16.6. The highest BCUT2D eigenvalue weighted by Gasteiger charge is 2.11. The van der Waals surface area contributed by atoms with Crippen LogP contribution in [0, 0.1) is 21.4 Å². The van der Waals surface area contributed by atoms with Crippen LogP contribution in [0.3, 0.4) is 0 Å². The molecule has 29 heavy (non-hydrogen) atoms. The molecule has 8 heteroatoms. The van der Waals surface area contributed by atoms with E-state index in [4.69, 9.17) is 9.47 Å². The van der Waals surface area contributed by atoms with Crippen LogP contribution in [0.2, 0.25) is 0 Å². The van der Waals surface area contributed by atoms with Crippen molar-refractivity contribution in [2.45, 2.75) is 6.92 Å². The molecule has 150 valence electrons. The Hall–Kier alpha value is -3.86. The zero-order valence-electron chi connectivity index (χ0n) is 16.4. The second-order valence-corrected chi connectivity index (χ2v) is 6.19. The van der Waals surface area contributed by atoms with Crippen LogP contribution in [0.25, 0.3) is 11.6 Å². The van der Waals surface area contributed by atoms with Gasteiger partial charge in [-0.05, 0) is 48.4 Å². The van der Waals surface area contributed by atoms with Crippen molar-refractivity contribution in [2.75, 3.05) is 27.3 Å². The number of nitro benzene ring substituents is 1. The van der Waals surface area contributed by atoms with Crippen molar-refractivity contribution in [1.82, 2.24) is 4.90 Å². The zero-order valence-corrected chi connectivity index (χ0v) is 16.4. The smallest absolute Gasteiger partial charge is 0.269 e. The number of ether oxygens (including phenoxy) is 2. The molecule has 0 fully saturated rings. The zero-order chi connectivity index (χ0) is 21.4. The van der Waals surface area contributed by atoms with Crippen molar-refractivity contribution < 1.29 is 19.2 Å². The van der Waals surface area contributed by atoms with E-state index in [1.807, 2.05) is 6.92 Å². The number of non-ortho nitro benzene ring substituents is 1. The lowest BCUT2D eigenvalue weighted by Gasteiger charge is -2.14. The van der Waals surface area contributed by atoms with Gasteiger partial charge in [-0.25, -0.2) is 0 Å². The third-order valence-corrected chi connectivity index (χ3v) is 3.94. The normalized spacial score (nSPS) is 10.8. The van der Waals surface area contributed by atoms with E-state index in [9.17, 15) is 20.2 Å². The Balaban J connectivity index is 2.30. The number of carbonyl (C=O) groups excluding carboxylic acids is 1. The number of nitriles is 1. The fourth-order valence-electron chi connectivity index (χ4n) is 2.38. The number of hydrogen-bond donors (Lipinski definition) is 0. The molecule has 0 aliphatic heterocycles. The lowest BCUT2D eigenvalue weighted by Crippen LogP contribution is -2.27. The number of nitrogens with zero attached hydrogens (tertiary/aromatic N) is 3. The summed E-state index contributed by atoms with van der Waals surface area (Å²) in [6.45, 7) is 2.11. The van der Waals surface area contributed by atoms with E-state index in [-0.39, 0.29) is 18.2 Å². The predicted octanol–water partition coefficient (Wildman–Crippen LogP) is 3.52. The molecule has 8 nitrogen and oxygen atoms in total. The van der Waals surface area contributed by atoms with Gasteiger partial charge in [0.25, 0.3) is 11.6 Å². The standard InChI is InChI=1S/C21H21N3O5/c1-4-28-20-12-15(5-10-19(20)29-14-21(25)23(2)3)11-17(13-22)16-6-8-18(9-7-16)24(26)27/h5-12H,4,14H2,1-3H3/b17-11+. The monoisotopic (exact) mass is 395 g/mol. The quantitative estimate of drug-likeness (QED) is 0.293. The minimum Gasteiger partial charge on any atom is -0.490 e. The molecule has 0 saturated heterocycles. The maximum atomic E-state index is 11.7. The summed E-state index contributed by atoms with van der Waals surface area (Å²) >= 11 is 0. The predicted molar refractivity (Wildman–Crippen MR) is 108 cm³/mol. The highest BCUT2D eigenvalue weighted by Crippen LogP contribution is 2.30. The van der Waals surface area contributed by atoms with Gasteiger partial charge in [0.15, 0.2) is 18.1 Å². The van der Waals surface area contributed by atoms with E-state index in [0.29, 0.717) is 34.8 Å². The van der Waals surface area contributed by atoms with Gasteiger partial charge in [-0.2, -0.15) is 5.26 Å². The van der Waals surface area contributed by atoms with Gasteiger partial charge in [-0.3, -0.25) is 14.9 Å². The maximum Gasteiger partial charge on any atom is 0.269 e. The van der Waals surface area contributed by atoms with E-state index >= 15 is 0 Å². The Kier molecular flexibility index (Phi) is 7.32. The van der Waals surface area contributed by atoms with Crippen LogP contribution in [0.1, 0.15) is 18.1 Å². The number of rotatable bonds is 8. The van der Waals surface area contributed by atoms with Crippen molar-refractivity contribution in [3.63, 3.8) is 0 Å².